The van der Waals surface area contributed by atoms with Crippen molar-refractivity contribution in [3.8, 4) is 5.75 Å². The van der Waals surface area contributed by atoms with Crippen LogP contribution in [0.25, 0.3) is 11.2 Å². The number of hydrogen-bond acceptors (Lipinski definition) is 5. The van der Waals surface area contributed by atoms with Crippen LogP contribution in [0.1, 0.15) is 16.7 Å². The van der Waals surface area contributed by atoms with Gasteiger partial charge in [-0.3, -0.25) is 0 Å². The number of fused-ring (bicyclic) bond motifs is 1. The number of halogens is 1. The Morgan fingerprint density at radius 1 is 1.11 bits per heavy atom. The van der Waals surface area contributed by atoms with Crippen LogP contribution < -0.4 is 10.1 Å². The lowest BCUT2D eigenvalue weighted by atomic mass is 10.1. The van der Waals surface area contributed by atoms with Crippen LogP contribution in [0.2, 0.25) is 5.15 Å². The maximum atomic E-state index is 5.96. The standard InChI is InChI=1S/C20H18ClN5O/c1-27-16-4-2-3-13(8-16)9-22-18-6-5-14(10-23-18)7-15-11-24-20-19(15)26-17(21)12-25-20/h2-6,8,10-12H,7,9H2,1H3,(H,22,23)(H,24,25). The van der Waals surface area contributed by atoms with Crippen molar-refractivity contribution in [1.29, 1.82) is 0 Å². The number of anilines is 1. The molecule has 3 heterocycles. The van der Waals surface area contributed by atoms with Gasteiger partial charge in [-0.25, -0.2) is 15.0 Å². The molecule has 0 radical (unpaired) electrons. The summed E-state index contributed by atoms with van der Waals surface area (Å²) in [5, 5.41) is 3.71. The highest BCUT2D eigenvalue weighted by molar-refractivity contribution is 6.29. The summed E-state index contributed by atoms with van der Waals surface area (Å²) in [5.74, 6) is 1.67. The predicted molar refractivity (Wildman–Crippen MR) is 106 cm³/mol. The van der Waals surface area contributed by atoms with E-state index in [-0.39, 0.29) is 0 Å². The van der Waals surface area contributed by atoms with E-state index >= 15 is 0 Å². The van der Waals surface area contributed by atoms with Crippen molar-refractivity contribution in [3.63, 3.8) is 0 Å². The first-order valence-corrected chi connectivity index (χ1v) is 8.89. The fourth-order valence-corrected chi connectivity index (χ4v) is 3.02. The van der Waals surface area contributed by atoms with Gasteiger partial charge in [0.05, 0.1) is 13.3 Å². The van der Waals surface area contributed by atoms with Gasteiger partial charge in [0.15, 0.2) is 5.65 Å². The van der Waals surface area contributed by atoms with E-state index in [9.17, 15) is 0 Å². The summed E-state index contributed by atoms with van der Waals surface area (Å²) in [4.78, 5) is 16.2. The summed E-state index contributed by atoms with van der Waals surface area (Å²) in [7, 11) is 1.67. The minimum Gasteiger partial charge on any atom is -0.497 e. The number of benzene rings is 1. The van der Waals surface area contributed by atoms with Crippen molar-refractivity contribution in [2.75, 3.05) is 12.4 Å². The number of rotatable bonds is 6. The van der Waals surface area contributed by atoms with Gasteiger partial charge < -0.3 is 15.0 Å². The summed E-state index contributed by atoms with van der Waals surface area (Å²) in [5.41, 5.74) is 4.79. The van der Waals surface area contributed by atoms with E-state index in [1.54, 1.807) is 7.11 Å². The first kappa shape index (κ1) is 17.3. The first-order valence-electron chi connectivity index (χ1n) is 8.51. The van der Waals surface area contributed by atoms with Crippen molar-refractivity contribution >= 4 is 28.6 Å². The first-order chi connectivity index (χ1) is 13.2. The molecule has 7 heteroatoms. The number of aromatic amines is 1. The topological polar surface area (TPSA) is 75.7 Å². The molecule has 136 valence electrons. The molecule has 0 fully saturated rings. The van der Waals surface area contributed by atoms with Crippen LogP contribution in [0, 0.1) is 0 Å². The molecular formula is C20H18ClN5O. The molecule has 0 saturated carbocycles. The molecule has 0 atom stereocenters. The van der Waals surface area contributed by atoms with E-state index in [0.717, 1.165) is 39.4 Å². The molecule has 0 bridgehead atoms. The van der Waals surface area contributed by atoms with Crippen LogP contribution in [0.15, 0.2) is 55.0 Å². The number of H-pyrrole nitrogens is 1. The largest absolute Gasteiger partial charge is 0.497 e. The maximum Gasteiger partial charge on any atom is 0.156 e. The second kappa shape index (κ2) is 7.63. The molecule has 0 spiro atoms. The van der Waals surface area contributed by atoms with Crippen LogP contribution in [-0.4, -0.2) is 27.0 Å². The van der Waals surface area contributed by atoms with Crippen LogP contribution in [0.3, 0.4) is 0 Å². The van der Waals surface area contributed by atoms with E-state index in [4.69, 9.17) is 16.3 Å². The van der Waals surface area contributed by atoms with E-state index < -0.39 is 0 Å². The summed E-state index contributed by atoms with van der Waals surface area (Å²) in [6, 6.07) is 12.0. The van der Waals surface area contributed by atoms with Gasteiger partial charge in [-0.15, -0.1) is 0 Å². The molecule has 2 N–H and O–H groups in total. The number of methoxy groups -OCH3 is 1. The smallest absolute Gasteiger partial charge is 0.156 e. The monoisotopic (exact) mass is 379 g/mol. The third kappa shape index (κ3) is 4.01. The van der Waals surface area contributed by atoms with Crippen LogP contribution >= 0.6 is 11.6 Å². The number of aromatic nitrogens is 4. The van der Waals surface area contributed by atoms with Crippen LogP contribution in [-0.2, 0) is 13.0 Å². The minimum absolute atomic E-state index is 0.388. The number of ether oxygens (including phenoxy) is 1. The molecule has 27 heavy (non-hydrogen) atoms. The number of nitrogens with zero attached hydrogens (tertiary/aromatic N) is 3. The molecule has 0 aliphatic heterocycles. The lowest BCUT2D eigenvalue weighted by molar-refractivity contribution is 0.414. The van der Waals surface area contributed by atoms with Crippen molar-refractivity contribution in [3.05, 3.63) is 76.8 Å². The lowest BCUT2D eigenvalue weighted by Gasteiger charge is -2.08. The highest BCUT2D eigenvalue weighted by atomic mass is 35.5. The molecule has 0 amide bonds. The van der Waals surface area contributed by atoms with Crippen molar-refractivity contribution in [2.45, 2.75) is 13.0 Å². The Hall–Kier alpha value is -3.12. The summed E-state index contributed by atoms with van der Waals surface area (Å²) in [6.45, 7) is 0.681. The fourth-order valence-electron chi connectivity index (χ4n) is 2.88. The maximum absolute atomic E-state index is 5.96. The Morgan fingerprint density at radius 2 is 2.04 bits per heavy atom. The van der Waals surface area contributed by atoms with E-state index in [2.05, 4.69) is 31.3 Å². The molecule has 0 aliphatic carbocycles. The minimum atomic E-state index is 0.388. The highest BCUT2D eigenvalue weighted by Gasteiger charge is 2.08. The SMILES string of the molecule is COc1cccc(CNc2ccc(Cc3c[nH]c4ncc(Cl)nc34)cn2)c1. The van der Waals surface area contributed by atoms with Gasteiger partial charge in [-0.1, -0.05) is 29.8 Å². The fraction of sp³-hybridized carbons (Fsp3) is 0.150. The lowest BCUT2D eigenvalue weighted by Crippen LogP contribution is -2.02. The summed E-state index contributed by atoms with van der Waals surface area (Å²) < 4.78 is 5.25. The average molecular weight is 380 g/mol. The average Bonchev–Trinajstić information content (AvgIpc) is 3.09. The third-order valence-electron chi connectivity index (χ3n) is 4.26. The molecule has 4 aromatic rings. The predicted octanol–water partition coefficient (Wildman–Crippen LogP) is 4.22. The summed E-state index contributed by atoms with van der Waals surface area (Å²) >= 11 is 5.96. The zero-order valence-corrected chi connectivity index (χ0v) is 15.5. The quantitative estimate of drug-likeness (QED) is 0.524. The van der Waals surface area contributed by atoms with Crippen molar-refractivity contribution in [1.82, 2.24) is 19.9 Å². The Bertz CT molecular complexity index is 1060. The van der Waals surface area contributed by atoms with Gasteiger partial charge in [-0.2, -0.15) is 0 Å². The van der Waals surface area contributed by atoms with Crippen LogP contribution in [0.5, 0.6) is 5.75 Å². The molecule has 3 aromatic heterocycles. The molecule has 0 saturated heterocycles. The Morgan fingerprint density at radius 3 is 2.85 bits per heavy atom. The van der Waals surface area contributed by atoms with Gasteiger partial charge in [0.25, 0.3) is 0 Å². The van der Waals surface area contributed by atoms with E-state index in [0.29, 0.717) is 18.1 Å². The van der Waals surface area contributed by atoms with Gasteiger partial charge in [0.1, 0.15) is 22.2 Å². The van der Waals surface area contributed by atoms with E-state index in [1.807, 2.05) is 42.7 Å². The van der Waals surface area contributed by atoms with E-state index in [1.165, 1.54) is 6.20 Å². The van der Waals surface area contributed by atoms with Crippen LogP contribution in [0.4, 0.5) is 5.82 Å². The Labute approximate surface area is 161 Å². The molecule has 6 nitrogen and oxygen atoms in total. The van der Waals surface area contributed by atoms with Gasteiger partial charge in [0, 0.05) is 30.9 Å². The van der Waals surface area contributed by atoms with Crippen molar-refractivity contribution in [2.24, 2.45) is 0 Å². The zero-order valence-electron chi connectivity index (χ0n) is 14.7. The molecule has 4 rings (SSSR count). The van der Waals surface area contributed by atoms with Gasteiger partial charge in [-0.05, 0) is 29.3 Å². The second-order valence-electron chi connectivity index (χ2n) is 6.14. The summed E-state index contributed by atoms with van der Waals surface area (Å²) in [6.07, 6.45) is 6.02. The Kier molecular flexibility index (Phi) is 4.89. The van der Waals surface area contributed by atoms with Crippen molar-refractivity contribution < 1.29 is 4.74 Å². The number of pyridine rings is 1. The number of hydrogen-bond donors (Lipinski definition) is 2. The third-order valence-corrected chi connectivity index (χ3v) is 4.44. The number of nitrogens with one attached hydrogen (secondary N) is 2. The van der Waals surface area contributed by atoms with Gasteiger partial charge in [0.2, 0.25) is 0 Å². The second-order valence-corrected chi connectivity index (χ2v) is 6.52. The molecular weight excluding hydrogens is 362 g/mol. The molecule has 0 unspecified atom stereocenters. The zero-order chi connectivity index (χ0) is 18.6. The van der Waals surface area contributed by atoms with Gasteiger partial charge >= 0.3 is 0 Å². The molecule has 0 aliphatic rings. The normalized spacial score (nSPS) is 10.9. The molecule has 1 aromatic carbocycles. The highest BCUT2D eigenvalue weighted by Crippen LogP contribution is 2.20. The Balaban J connectivity index is 1.43.